The number of fused-ring (bicyclic) bond motifs is 4. The molecular formula is C22H21FN2O4. The quantitative estimate of drug-likeness (QED) is 0.713. The number of aliphatic hydroxyl groups is 1. The first kappa shape index (κ1) is 18.1. The van der Waals surface area contributed by atoms with E-state index < -0.39 is 12.1 Å². The fraction of sp³-hybridized carbons (Fsp3) is 0.364. The van der Waals surface area contributed by atoms with Gasteiger partial charge in [0.05, 0.1) is 35.9 Å². The zero-order chi connectivity index (χ0) is 20.3. The highest BCUT2D eigenvalue weighted by atomic mass is 19.1. The molecule has 2 N–H and O–H groups in total. The molecule has 1 aromatic rings. The van der Waals surface area contributed by atoms with Gasteiger partial charge in [-0.25, -0.2) is 9.18 Å². The molecule has 5 rings (SSSR count). The average Bonchev–Trinajstić information content (AvgIpc) is 3.10. The number of allylic oxidation sites excluding steroid dienone is 3. The molecule has 0 fully saturated rings. The van der Waals surface area contributed by atoms with Crippen LogP contribution in [0.25, 0.3) is 5.70 Å². The second-order valence-corrected chi connectivity index (χ2v) is 7.72. The van der Waals surface area contributed by atoms with Crippen molar-refractivity contribution >= 4 is 11.7 Å². The summed E-state index contributed by atoms with van der Waals surface area (Å²) >= 11 is 0. The molecule has 0 bridgehead atoms. The molecule has 1 aromatic heterocycles. The maximum Gasteiger partial charge on any atom is 0.340 e. The summed E-state index contributed by atoms with van der Waals surface area (Å²) in [5.41, 5.74) is 6.22. The SMILES string of the molecule is C/C=C1\CCCC2=C1C(/C=C/F)NC1=C2Cn2c1cc1c(c2=O)COC(=O)[C@H]1O. The van der Waals surface area contributed by atoms with Crippen molar-refractivity contribution in [1.82, 2.24) is 9.88 Å². The predicted octanol–water partition coefficient (Wildman–Crippen LogP) is 2.55. The van der Waals surface area contributed by atoms with E-state index in [9.17, 15) is 19.1 Å². The van der Waals surface area contributed by atoms with Crippen LogP contribution >= 0.6 is 0 Å². The molecule has 3 aliphatic heterocycles. The van der Waals surface area contributed by atoms with Crippen LogP contribution in [0.15, 0.2) is 51.6 Å². The lowest BCUT2D eigenvalue weighted by Crippen LogP contribution is -2.35. The number of rotatable bonds is 1. The molecule has 150 valence electrons. The fourth-order valence-electron chi connectivity index (χ4n) is 4.97. The monoisotopic (exact) mass is 396 g/mol. The fourth-order valence-corrected chi connectivity index (χ4v) is 4.97. The van der Waals surface area contributed by atoms with E-state index in [-0.39, 0.29) is 18.2 Å². The van der Waals surface area contributed by atoms with Crippen molar-refractivity contribution in [2.45, 2.75) is 51.5 Å². The van der Waals surface area contributed by atoms with Crippen LogP contribution in [0, 0.1) is 0 Å². The predicted molar refractivity (Wildman–Crippen MR) is 104 cm³/mol. The van der Waals surface area contributed by atoms with Gasteiger partial charge in [0, 0.05) is 11.1 Å². The highest BCUT2D eigenvalue weighted by Gasteiger charge is 2.38. The van der Waals surface area contributed by atoms with E-state index in [1.54, 1.807) is 10.6 Å². The third-order valence-corrected chi connectivity index (χ3v) is 6.32. The molecule has 29 heavy (non-hydrogen) atoms. The number of hydrogen-bond donors (Lipinski definition) is 2. The van der Waals surface area contributed by atoms with Gasteiger partial charge in [-0.1, -0.05) is 6.08 Å². The summed E-state index contributed by atoms with van der Waals surface area (Å²) in [7, 11) is 0. The number of aliphatic hydroxyl groups excluding tert-OH is 1. The number of nitrogens with one attached hydrogen (secondary N) is 1. The van der Waals surface area contributed by atoms with Crippen LogP contribution in [0.3, 0.4) is 0 Å². The second kappa shape index (κ2) is 6.56. The standard InChI is InChI=1S/C22H21FN2O4/c1-2-11-4-3-5-12-14-9-25-17(19(14)24-16(6-7-23)18(11)12)8-13-15(21(25)27)10-29-22(28)20(13)26/h2,6-8,16,20,24,26H,3-5,9-10H2,1H3/b7-6+,11-2+/t16?,20-/m0/s1. The van der Waals surface area contributed by atoms with Crippen LogP contribution in [-0.4, -0.2) is 21.7 Å². The summed E-state index contributed by atoms with van der Waals surface area (Å²) in [6, 6.07) is 1.37. The van der Waals surface area contributed by atoms with Gasteiger partial charge >= 0.3 is 5.97 Å². The van der Waals surface area contributed by atoms with Crippen molar-refractivity contribution in [3.63, 3.8) is 0 Å². The van der Waals surface area contributed by atoms with E-state index in [4.69, 9.17) is 4.74 Å². The van der Waals surface area contributed by atoms with Gasteiger partial charge in [0.15, 0.2) is 6.10 Å². The molecule has 4 aliphatic rings. The van der Waals surface area contributed by atoms with Crippen molar-refractivity contribution in [2.24, 2.45) is 0 Å². The molecule has 0 amide bonds. The molecule has 1 unspecified atom stereocenters. The zero-order valence-electron chi connectivity index (χ0n) is 16.0. The lowest BCUT2D eigenvalue weighted by Gasteiger charge is -2.34. The number of carbonyl (C=O) groups is 1. The highest BCUT2D eigenvalue weighted by Crippen LogP contribution is 2.44. The molecule has 0 saturated heterocycles. The van der Waals surface area contributed by atoms with Crippen LogP contribution in [-0.2, 0) is 22.7 Å². The summed E-state index contributed by atoms with van der Waals surface area (Å²) in [6.07, 6.45) is 5.46. The summed E-state index contributed by atoms with van der Waals surface area (Å²) in [5.74, 6) is -0.751. The third kappa shape index (κ3) is 2.50. The summed E-state index contributed by atoms with van der Waals surface area (Å²) in [4.78, 5) is 24.9. The largest absolute Gasteiger partial charge is 0.458 e. The lowest BCUT2D eigenvalue weighted by molar-refractivity contribution is -0.157. The number of pyridine rings is 1. The minimum Gasteiger partial charge on any atom is -0.458 e. The second-order valence-electron chi connectivity index (χ2n) is 7.72. The van der Waals surface area contributed by atoms with Gasteiger partial charge in [-0.15, -0.1) is 0 Å². The maximum atomic E-state index is 13.2. The Morgan fingerprint density at radius 1 is 1.31 bits per heavy atom. The average molecular weight is 396 g/mol. The van der Waals surface area contributed by atoms with Crippen molar-refractivity contribution < 1.29 is 19.0 Å². The smallest absolute Gasteiger partial charge is 0.340 e. The molecule has 1 aliphatic carbocycles. The molecule has 2 atom stereocenters. The Kier molecular flexibility index (Phi) is 4.10. The van der Waals surface area contributed by atoms with Crippen molar-refractivity contribution in [2.75, 3.05) is 0 Å². The Morgan fingerprint density at radius 2 is 2.14 bits per heavy atom. The van der Waals surface area contributed by atoms with Crippen LogP contribution < -0.4 is 10.9 Å². The summed E-state index contributed by atoms with van der Waals surface area (Å²) in [5, 5.41) is 13.6. The first-order chi connectivity index (χ1) is 14.0. The Bertz CT molecular complexity index is 1120. The van der Waals surface area contributed by atoms with Gasteiger partial charge in [0.25, 0.3) is 5.56 Å². The molecule has 0 saturated carbocycles. The number of halogens is 1. The summed E-state index contributed by atoms with van der Waals surface area (Å²) < 4.78 is 19.8. The zero-order valence-corrected chi connectivity index (χ0v) is 16.0. The third-order valence-electron chi connectivity index (χ3n) is 6.32. The van der Waals surface area contributed by atoms with E-state index in [1.807, 2.05) is 6.92 Å². The molecular weight excluding hydrogens is 375 g/mol. The van der Waals surface area contributed by atoms with Gasteiger partial charge in [-0.05, 0) is 55.0 Å². The van der Waals surface area contributed by atoms with Crippen molar-refractivity contribution in [3.05, 3.63) is 74.0 Å². The molecule has 0 radical (unpaired) electrons. The van der Waals surface area contributed by atoms with Gasteiger partial charge in [-0.2, -0.15) is 0 Å². The van der Waals surface area contributed by atoms with Crippen molar-refractivity contribution in [3.8, 4) is 0 Å². The molecule has 4 heterocycles. The topological polar surface area (TPSA) is 80.6 Å². The lowest BCUT2D eigenvalue weighted by atomic mass is 9.77. The number of dihydropyridines is 1. The number of hydrogen-bond acceptors (Lipinski definition) is 5. The molecule has 0 spiro atoms. The molecule has 6 nitrogen and oxygen atoms in total. The van der Waals surface area contributed by atoms with Gasteiger partial charge in [0.2, 0.25) is 0 Å². The van der Waals surface area contributed by atoms with E-state index in [0.717, 1.165) is 41.7 Å². The Labute approximate surface area is 166 Å². The minimum absolute atomic E-state index is 0.133. The molecule has 0 aromatic carbocycles. The van der Waals surface area contributed by atoms with E-state index >= 15 is 0 Å². The minimum atomic E-state index is -1.47. The number of esters is 1. The maximum absolute atomic E-state index is 13.2. The molecule has 7 heteroatoms. The Morgan fingerprint density at radius 3 is 2.90 bits per heavy atom. The number of nitrogens with zero attached hydrogens (tertiary/aromatic N) is 1. The van der Waals surface area contributed by atoms with Gasteiger partial charge in [-0.3, -0.25) is 4.79 Å². The van der Waals surface area contributed by atoms with E-state index in [2.05, 4.69) is 11.4 Å². The van der Waals surface area contributed by atoms with Gasteiger partial charge < -0.3 is 19.7 Å². The highest BCUT2D eigenvalue weighted by molar-refractivity contribution is 5.81. The number of ether oxygens (including phenoxy) is 1. The number of carbonyl (C=O) groups excluding carboxylic acids is 1. The Balaban J connectivity index is 1.71. The van der Waals surface area contributed by atoms with Crippen LogP contribution in [0.1, 0.15) is 49.1 Å². The first-order valence-electron chi connectivity index (χ1n) is 9.82. The Hall–Kier alpha value is -2.93. The van der Waals surface area contributed by atoms with Crippen LogP contribution in [0.4, 0.5) is 4.39 Å². The van der Waals surface area contributed by atoms with Crippen molar-refractivity contribution in [1.29, 1.82) is 0 Å². The van der Waals surface area contributed by atoms with E-state index in [0.29, 0.717) is 29.7 Å². The van der Waals surface area contributed by atoms with Crippen LogP contribution in [0.2, 0.25) is 0 Å². The number of cyclic esters (lactones) is 1. The summed E-state index contributed by atoms with van der Waals surface area (Å²) in [6.45, 7) is 2.27. The first-order valence-corrected chi connectivity index (χ1v) is 9.82. The van der Waals surface area contributed by atoms with E-state index in [1.165, 1.54) is 11.6 Å². The normalized spacial score (nSPS) is 26.9. The number of aromatic nitrogens is 1. The van der Waals surface area contributed by atoms with Gasteiger partial charge in [0.1, 0.15) is 6.61 Å². The van der Waals surface area contributed by atoms with Crippen LogP contribution in [0.5, 0.6) is 0 Å².